The Morgan fingerprint density at radius 1 is 1.55 bits per heavy atom. The fourth-order valence-corrected chi connectivity index (χ4v) is 1.07. The lowest BCUT2D eigenvalue weighted by Crippen LogP contribution is -1.90. The SMILES string of the molecule is CNc1ccc(CO)c(Cl)c1. The molecule has 60 valence electrons. The van der Waals surface area contributed by atoms with Gasteiger partial charge < -0.3 is 10.4 Å². The van der Waals surface area contributed by atoms with Crippen LogP contribution in [0.3, 0.4) is 0 Å². The van der Waals surface area contributed by atoms with Gasteiger partial charge in [0.05, 0.1) is 6.61 Å². The van der Waals surface area contributed by atoms with E-state index in [-0.39, 0.29) is 6.61 Å². The van der Waals surface area contributed by atoms with E-state index < -0.39 is 0 Å². The second-order valence-electron chi connectivity index (χ2n) is 2.21. The van der Waals surface area contributed by atoms with E-state index in [1.165, 1.54) is 0 Å². The number of hydrogen-bond acceptors (Lipinski definition) is 2. The van der Waals surface area contributed by atoms with Crippen LogP contribution in [-0.2, 0) is 6.61 Å². The molecule has 0 aliphatic rings. The van der Waals surface area contributed by atoms with Crippen LogP contribution in [-0.4, -0.2) is 12.2 Å². The van der Waals surface area contributed by atoms with E-state index in [2.05, 4.69) is 5.32 Å². The summed E-state index contributed by atoms with van der Waals surface area (Å²) in [4.78, 5) is 0. The monoisotopic (exact) mass is 171 g/mol. The number of aliphatic hydroxyl groups is 1. The normalized spacial score (nSPS) is 9.73. The van der Waals surface area contributed by atoms with Crippen molar-refractivity contribution in [2.24, 2.45) is 0 Å². The molecule has 0 spiro atoms. The third-order valence-corrected chi connectivity index (χ3v) is 1.86. The summed E-state index contributed by atoms with van der Waals surface area (Å²) in [6.07, 6.45) is 0. The topological polar surface area (TPSA) is 32.3 Å². The van der Waals surface area contributed by atoms with Crippen LogP contribution < -0.4 is 5.32 Å². The minimum absolute atomic E-state index is 0.0111. The van der Waals surface area contributed by atoms with E-state index in [1.54, 1.807) is 12.1 Å². The van der Waals surface area contributed by atoms with Crippen molar-refractivity contribution in [3.63, 3.8) is 0 Å². The van der Waals surface area contributed by atoms with Crippen molar-refractivity contribution in [2.45, 2.75) is 6.61 Å². The number of nitrogens with one attached hydrogen (secondary N) is 1. The Labute approximate surface area is 70.8 Å². The van der Waals surface area contributed by atoms with Gasteiger partial charge >= 0.3 is 0 Å². The van der Waals surface area contributed by atoms with Crippen LogP contribution >= 0.6 is 11.6 Å². The van der Waals surface area contributed by atoms with Crippen LogP contribution in [0.25, 0.3) is 0 Å². The molecule has 11 heavy (non-hydrogen) atoms. The highest BCUT2D eigenvalue weighted by Gasteiger charge is 1.98. The van der Waals surface area contributed by atoms with Crippen LogP contribution in [0.4, 0.5) is 5.69 Å². The van der Waals surface area contributed by atoms with Gasteiger partial charge in [-0.25, -0.2) is 0 Å². The summed E-state index contributed by atoms with van der Waals surface area (Å²) in [6, 6.07) is 5.46. The Bertz CT molecular complexity index is 250. The second kappa shape index (κ2) is 3.60. The smallest absolute Gasteiger partial charge is 0.0696 e. The Morgan fingerprint density at radius 2 is 2.27 bits per heavy atom. The van der Waals surface area contributed by atoms with Crippen LogP contribution in [0.2, 0.25) is 5.02 Å². The van der Waals surface area contributed by atoms with E-state index >= 15 is 0 Å². The fourth-order valence-electron chi connectivity index (χ4n) is 0.831. The zero-order chi connectivity index (χ0) is 8.27. The van der Waals surface area contributed by atoms with Crippen LogP contribution in [0, 0.1) is 0 Å². The molecule has 0 bridgehead atoms. The molecule has 0 saturated carbocycles. The minimum Gasteiger partial charge on any atom is -0.392 e. The first-order chi connectivity index (χ1) is 5.27. The van der Waals surface area contributed by atoms with Crippen molar-refractivity contribution in [3.8, 4) is 0 Å². The van der Waals surface area contributed by atoms with Gasteiger partial charge in [0.2, 0.25) is 0 Å². The van der Waals surface area contributed by atoms with Gasteiger partial charge in [-0.05, 0) is 17.7 Å². The van der Waals surface area contributed by atoms with Gasteiger partial charge in [0, 0.05) is 17.8 Å². The molecule has 0 atom stereocenters. The number of hydrogen-bond donors (Lipinski definition) is 2. The van der Waals surface area contributed by atoms with Gasteiger partial charge in [-0.2, -0.15) is 0 Å². The molecular weight excluding hydrogens is 162 g/mol. The van der Waals surface area contributed by atoms with Crippen molar-refractivity contribution in [2.75, 3.05) is 12.4 Å². The van der Waals surface area contributed by atoms with Gasteiger partial charge in [-0.1, -0.05) is 17.7 Å². The lowest BCUT2D eigenvalue weighted by atomic mass is 10.2. The molecule has 0 aliphatic carbocycles. The number of anilines is 1. The van der Waals surface area contributed by atoms with E-state index in [9.17, 15) is 0 Å². The van der Waals surface area contributed by atoms with Gasteiger partial charge in [-0.15, -0.1) is 0 Å². The van der Waals surface area contributed by atoms with Crippen molar-refractivity contribution in [1.82, 2.24) is 0 Å². The predicted molar refractivity (Wildman–Crippen MR) is 46.9 cm³/mol. The Balaban J connectivity index is 2.99. The molecule has 2 N–H and O–H groups in total. The van der Waals surface area contributed by atoms with Gasteiger partial charge in [-0.3, -0.25) is 0 Å². The van der Waals surface area contributed by atoms with E-state index in [1.807, 2.05) is 13.1 Å². The summed E-state index contributed by atoms with van der Waals surface area (Å²) in [5, 5.41) is 12.3. The molecule has 1 aromatic carbocycles. The molecule has 0 aromatic heterocycles. The highest BCUT2D eigenvalue weighted by molar-refractivity contribution is 6.31. The van der Waals surface area contributed by atoms with Gasteiger partial charge in [0.25, 0.3) is 0 Å². The molecule has 0 radical (unpaired) electrons. The maximum Gasteiger partial charge on any atom is 0.0696 e. The van der Waals surface area contributed by atoms with E-state index in [0.717, 1.165) is 11.3 Å². The molecule has 0 heterocycles. The summed E-state index contributed by atoms with van der Waals surface area (Å²) in [5.74, 6) is 0. The number of rotatable bonds is 2. The molecule has 3 heteroatoms. The average molecular weight is 172 g/mol. The molecule has 0 unspecified atom stereocenters. The molecular formula is C8H10ClNO. The molecule has 0 amide bonds. The summed E-state index contributed by atoms with van der Waals surface area (Å²) in [6.45, 7) is -0.0111. The molecule has 0 fully saturated rings. The Hall–Kier alpha value is -0.730. The van der Waals surface area contributed by atoms with E-state index in [0.29, 0.717) is 5.02 Å². The largest absolute Gasteiger partial charge is 0.392 e. The third-order valence-electron chi connectivity index (χ3n) is 1.51. The van der Waals surface area contributed by atoms with E-state index in [4.69, 9.17) is 16.7 Å². The van der Waals surface area contributed by atoms with Crippen LogP contribution in [0.15, 0.2) is 18.2 Å². The summed E-state index contributed by atoms with van der Waals surface area (Å²) < 4.78 is 0. The van der Waals surface area contributed by atoms with Crippen LogP contribution in [0.1, 0.15) is 5.56 Å². The van der Waals surface area contributed by atoms with Crippen molar-refractivity contribution in [1.29, 1.82) is 0 Å². The Morgan fingerprint density at radius 3 is 2.73 bits per heavy atom. The molecule has 1 rings (SSSR count). The van der Waals surface area contributed by atoms with Crippen molar-refractivity contribution in [3.05, 3.63) is 28.8 Å². The lowest BCUT2D eigenvalue weighted by molar-refractivity contribution is 0.282. The van der Waals surface area contributed by atoms with Crippen molar-refractivity contribution < 1.29 is 5.11 Å². The van der Waals surface area contributed by atoms with Crippen LogP contribution in [0.5, 0.6) is 0 Å². The number of benzene rings is 1. The third kappa shape index (κ3) is 1.85. The molecule has 0 aliphatic heterocycles. The fraction of sp³-hybridized carbons (Fsp3) is 0.250. The first-order valence-electron chi connectivity index (χ1n) is 3.35. The number of halogens is 1. The standard InChI is InChI=1S/C8H10ClNO/c1-10-7-3-2-6(5-11)8(9)4-7/h2-4,10-11H,5H2,1H3. The first kappa shape index (κ1) is 8.37. The zero-order valence-corrected chi connectivity index (χ0v) is 7.02. The quantitative estimate of drug-likeness (QED) is 0.712. The molecule has 1 aromatic rings. The molecule has 0 saturated heterocycles. The number of aliphatic hydroxyl groups excluding tert-OH is 1. The van der Waals surface area contributed by atoms with Gasteiger partial charge in [0.15, 0.2) is 0 Å². The lowest BCUT2D eigenvalue weighted by Gasteiger charge is -2.03. The van der Waals surface area contributed by atoms with Gasteiger partial charge in [0.1, 0.15) is 0 Å². The first-order valence-corrected chi connectivity index (χ1v) is 3.72. The van der Waals surface area contributed by atoms with Crippen molar-refractivity contribution >= 4 is 17.3 Å². The Kier molecular flexibility index (Phi) is 2.74. The highest BCUT2D eigenvalue weighted by Crippen LogP contribution is 2.20. The highest BCUT2D eigenvalue weighted by atomic mass is 35.5. The average Bonchev–Trinajstić information content (AvgIpc) is 2.04. The summed E-state index contributed by atoms with van der Waals surface area (Å²) >= 11 is 5.81. The maximum absolute atomic E-state index is 8.78. The maximum atomic E-state index is 8.78. The second-order valence-corrected chi connectivity index (χ2v) is 2.62. The zero-order valence-electron chi connectivity index (χ0n) is 6.26. The minimum atomic E-state index is -0.0111. The predicted octanol–water partition coefficient (Wildman–Crippen LogP) is 1.87. The summed E-state index contributed by atoms with van der Waals surface area (Å²) in [7, 11) is 1.82. The molecule has 2 nitrogen and oxygen atoms in total. The summed E-state index contributed by atoms with van der Waals surface area (Å²) in [5.41, 5.74) is 1.71.